The third-order valence-corrected chi connectivity index (χ3v) is 3.32. The maximum atomic E-state index is 4.56. The molecule has 4 heteroatoms. The van der Waals surface area contributed by atoms with Gasteiger partial charge in [-0.3, -0.25) is 0 Å². The molecule has 0 bridgehead atoms. The van der Waals surface area contributed by atoms with Crippen molar-refractivity contribution < 1.29 is 0 Å². The van der Waals surface area contributed by atoms with Crippen LogP contribution in [0, 0.1) is 6.92 Å². The van der Waals surface area contributed by atoms with Gasteiger partial charge in [-0.25, -0.2) is 4.98 Å². The topological polar surface area (TPSA) is 49.8 Å². The molecule has 0 aliphatic heterocycles. The molecule has 4 nitrogen and oxygen atoms in total. The van der Waals surface area contributed by atoms with Crippen LogP contribution in [-0.2, 0) is 0 Å². The molecular formula is C18H26N4. The van der Waals surface area contributed by atoms with Gasteiger partial charge in [-0.15, -0.1) is 0 Å². The molecule has 1 heterocycles. The zero-order chi connectivity index (χ0) is 16.3. The largest absolute Gasteiger partial charge is 0.365 e. The van der Waals surface area contributed by atoms with Crippen molar-refractivity contribution in [3.8, 4) is 0 Å². The van der Waals surface area contributed by atoms with Gasteiger partial charge in [0.1, 0.15) is 5.82 Å². The van der Waals surface area contributed by atoms with Crippen molar-refractivity contribution in [1.29, 1.82) is 0 Å². The summed E-state index contributed by atoms with van der Waals surface area (Å²) in [5.74, 6) is 1.88. The van der Waals surface area contributed by atoms with Crippen LogP contribution in [0.3, 0.4) is 0 Å². The summed E-state index contributed by atoms with van der Waals surface area (Å²) in [6.07, 6.45) is 1.77. The number of nitrogens with one attached hydrogen (secondary N) is 2. The van der Waals surface area contributed by atoms with Gasteiger partial charge in [-0.2, -0.15) is 4.98 Å². The predicted molar refractivity (Wildman–Crippen MR) is 94.0 cm³/mol. The van der Waals surface area contributed by atoms with Crippen molar-refractivity contribution in [3.63, 3.8) is 0 Å². The van der Waals surface area contributed by atoms with Crippen LogP contribution in [-0.4, -0.2) is 15.5 Å². The van der Waals surface area contributed by atoms with Crippen molar-refractivity contribution in [1.82, 2.24) is 9.97 Å². The first kappa shape index (κ1) is 16.3. The highest BCUT2D eigenvalue weighted by atomic mass is 15.2. The van der Waals surface area contributed by atoms with Crippen LogP contribution in [0.25, 0.3) is 0 Å². The molecule has 1 aromatic heterocycles. The standard InChI is InChI=1S/C18H26N4/c1-12(2)14-9-7-8-13(3)16(14)21-17-19-11-10-15(20-17)22-18(4,5)6/h7-12H,1-6H3,(H2,19,20,21,22). The Morgan fingerprint density at radius 1 is 1.09 bits per heavy atom. The first-order valence-corrected chi connectivity index (χ1v) is 7.74. The van der Waals surface area contributed by atoms with Crippen molar-refractivity contribution >= 4 is 17.5 Å². The predicted octanol–water partition coefficient (Wildman–Crippen LogP) is 4.86. The van der Waals surface area contributed by atoms with Crippen LogP contribution in [0.5, 0.6) is 0 Å². The third-order valence-electron chi connectivity index (χ3n) is 3.32. The molecule has 0 spiro atoms. The van der Waals surface area contributed by atoms with Gasteiger partial charge in [0.05, 0.1) is 0 Å². The van der Waals surface area contributed by atoms with Crippen LogP contribution in [0.15, 0.2) is 30.5 Å². The number of benzene rings is 1. The lowest BCUT2D eigenvalue weighted by Gasteiger charge is -2.22. The van der Waals surface area contributed by atoms with Gasteiger partial charge in [-0.05, 0) is 50.8 Å². The van der Waals surface area contributed by atoms with Gasteiger partial charge in [-0.1, -0.05) is 32.0 Å². The van der Waals surface area contributed by atoms with E-state index in [0.717, 1.165) is 11.5 Å². The lowest BCUT2D eigenvalue weighted by Crippen LogP contribution is -2.26. The number of hydrogen-bond donors (Lipinski definition) is 2. The number of nitrogens with zero attached hydrogens (tertiary/aromatic N) is 2. The Kier molecular flexibility index (Phi) is 4.69. The van der Waals surface area contributed by atoms with Gasteiger partial charge >= 0.3 is 0 Å². The van der Waals surface area contributed by atoms with Crippen LogP contribution >= 0.6 is 0 Å². The summed E-state index contributed by atoms with van der Waals surface area (Å²) in [4.78, 5) is 8.91. The zero-order valence-electron chi connectivity index (χ0n) is 14.4. The van der Waals surface area contributed by atoms with Crippen LogP contribution < -0.4 is 10.6 Å². The number of rotatable bonds is 4. The minimum Gasteiger partial charge on any atom is -0.365 e. The number of aryl methyl sites for hydroxylation is 1. The molecule has 1 aromatic carbocycles. The fraction of sp³-hybridized carbons (Fsp3) is 0.444. The monoisotopic (exact) mass is 298 g/mol. The second-order valence-electron chi connectivity index (χ2n) is 6.96. The van der Waals surface area contributed by atoms with E-state index in [1.807, 2.05) is 6.07 Å². The summed E-state index contributed by atoms with van der Waals surface area (Å²) in [5.41, 5.74) is 3.55. The SMILES string of the molecule is Cc1cccc(C(C)C)c1Nc1nccc(NC(C)(C)C)n1. The molecule has 0 unspecified atom stereocenters. The Morgan fingerprint density at radius 3 is 2.45 bits per heavy atom. The number of aromatic nitrogens is 2. The van der Waals surface area contributed by atoms with Crippen molar-refractivity contribution in [2.45, 2.75) is 53.0 Å². The van der Waals surface area contributed by atoms with E-state index in [1.54, 1.807) is 6.20 Å². The lowest BCUT2D eigenvalue weighted by molar-refractivity contribution is 0.630. The smallest absolute Gasteiger partial charge is 0.229 e. The highest BCUT2D eigenvalue weighted by Gasteiger charge is 2.13. The molecule has 0 saturated carbocycles. The molecule has 0 aliphatic carbocycles. The highest BCUT2D eigenvalue weighted by molar-refractivity contribution is 5.64. The summed E-state index contributed by atoms with van der Waals surface area (Å²) in [6, 6.07) is 8.23. The minimum atomic E-state index is -0.0304. The molecule has 2 N–H and O–H groups in total. The average Bonchev–Trinajstić information content (AvgIpc) is 2.39. The fourth-order valence-electron chi connectivity index (χ4n) is 2.33. The average molecular weight is 298 g/mol. The van der Waals surface area contributed by atoms with Crippen molar-refractivity contribution in [3.05, 3.63) is 41.6 Å². The number of anilines is 3. The second kappa shape index (κ2) is 6.34. The molecule has 0 saturated heterocycles. The van der Waals surface area contributed by atoms with E-state index in [9.17, 15) is 0 Å². The molecule has 22 heavy (non-hydrogen) atoms. The van der Waals surface area contributed by atoms with Crippen molar-refractivity contribution in [2.75, 3.05) is 10.6 Å². The first-order valence-electron chi connectivity index (χ1n) is 7.74. The molecular weight excluding hydrogens is 272 g/mol. The van der Waals surface area contributed by atoms with Gasteiger partial charge in [0.25, 0.3) is 0 Å². The Balaban J connectivity index is 2.30. The summed E-state index contributed by atoms with van der Waals surface area (Å²) < 4.78 is 0. The van der Waals surface area contributed by atoms with Crippen molar-refractivity contribution in [2.24, 2.45) is 0 Å². The van der Waals surface area contributed by atoms with Gasteiger partial charge in [0.15, 0.2) is 0 Å². The van der Waals surface area contributed by atoms with Gasteiger partial charge in [0, 0.05) is 17.4 Å². The Labute approximate surface area is 133 Å². The maximum Gasteiger partial charge on any atom is 0.229 e. The number of hydrogen-bond acceptors (Lipinski definition) is 4. The maximum absolute atomic E-state index is 4.56. The quantitative estimate of drug-likeness (QED) is 0.846. The molecule has 0 aliphatic rings. The van der Waals surface area contributed by atoms with E-state index in [1.165, 1.54) is 11.1 Å². The van der Waals surface area contributed by atoms with E-state index in [0.29, 0.717) is 11.9 Å². The molecule has 0 radical (unpaired) electrons. The molecule has 118 valence electrons. The Hall–Kier alpha value is -2.10. The van der Waals surface area contributed by atoms with E-state index >= 15 is 0 Å². The van der Waals surface area contributed by atoms with E-state index in [4.69, 9.17) is 0 Å². The van der Waals surface area contributed by atoms with E-state index in [2.05, 4.69) is 80.3 Å². The van der Waals surface area contributed by atoms with Gasteiger partial charge in [0.2, 0.25) is 5.95 Å². The van der Waals surface area contributed by atoms with E-state index < -0.39 is 0 Å². The molecule has 2 rings (SSSR count). The summed E-state index contributed by atoms with van der Waals surface area (Å²) >= 11 is 0. The Morgan fingerprint density at radius 2 is 1.82 bits per heavy atom. The van der Waals surface area contributed by atoms with Crippen LogP contribution in [0.2, 0.25) is 0 Å². The lowest BCUT2D eigenvalue weighted by atomic mass is 9.98. The Bertz CT molecular complexity index is 642. The molecule has 2 aromatic rings. The minimum absolute atomic E-state index is 0.0304. The van der Waals surface area contributed by atoms with Gasteiger partial charge < -0.3 is 10.6 Å². The van der Waals surface area contributed by atoms with Crippen LogP contribution in [0.4, 0.5) is 17.5 Å². The molecule has 0 fully saturated rings. The number of para-hydroxylation sites is 1. The molecule has 0 atom stereocenters. The first-order chi connectivity index (χ1) is 10.3. The zero-order valence-corrected chi connectivity index (χ0v) is 14.4. The highest BCUT2D eigenvalue weighted by Crippen LogP contribution is 2.29. The fourth-order valence-corrected chi connectivity index (χ4v) is 2.33. The summed E-state index contributed by atoms with van der Waals surface area (Å²) in [6.45, 7) is 12.8. The molecule has 0 amide bonds. The summed E-state index contributed by atoms with van der Waals surface area (Å²) in [7, 11) is 0. The van der Waals surface area contributed by atoms with E-state index in [-0.39, 0.29) is 5.54 Å². The third kappa shape index (κ3) is 4.20. The van der Waals surface area contributed by atoms with Crippen LogP contribution in [0.1, 0.15) is 51.7 Å². The summed E-state index contributed by atoms with van der Waals surface area (Å²) in [5, 5.41) is 6.75. The second-order valence-corrected chi connectivity index (χ2v) is 6.96. The normalized spacial score (nSPS) is 11.6.